The lowest BCUT2D eigenvalue weighted by Crippen LogP contribution is -2.17. The highest BCUT2D eigenvalue weighted by Gasteiger charge is 2.37. The van der Waals surface area contributed by atoms with E-state index in [2.05, 4.69) is 27.2 Å². The SMILES string of the molecule is C=Cc1[nH]nc(-c2cnn(C)c2)c1/C=C(\C)c1c(F)ccc(CNC)c1C(F)(F)F. The average Bonchev–Trinajstić information content (AvgIpc) is 3.27. The van der Waals surface area contributed by atoms with Gasteiger partial charge in [-0.1, -0.05) is 12.6 Å². The Bertz CT molecular complexity index is 1110. The van der Waals surface area contributed by atoms with Gasteiger partial charge >= 0.3 is 6.18 Å². The van der Waals surface area contributed by atoms with Crippen LogP contribution < -0.4 is 5.32 Å². The molecule has 0 amide bonds. The summed E-state index contributed by atoms with van der Waals surface area (Å²) in [6.45, 7) is 5.12. The number of H-pyrrole nitrogens is 1. The van der Waals surface area contributed by atoms with Crippen LogP contribution in [0.4, 0.5) is 17.6 Å². The van der Waals surface area contributed by atoms with Crippen LogP contribution in [0.5, 0.6) is 0 Å². The number of aromatic amines is 1. The summed E-state index contributed by atoms with van der Waals surface area (Å²) in [5, 5.41) is 13.8. The van der Waals surface area contributed by atoms with Crippen molar-refractivity contribution in [1.29, 1.82) is 0 Å². The first-order valence-electron chi connectivity index (χ1n) is 9.09. The summed E-state index contributed by atoms with van der Waals surface area (Å²) >= 11 is 0. The Balaban J connectivity index is 2.24. The smallest absolute Gasteiger partial charge is 0.316 e. The standard InChI is InChI=1S/C21H21F4N5/c1-5-17-15(20(29-28-17)14-10-27-30(4)11-14)8-12(2)18-16(22)7-6-13(9-26-3)19(18)21(23,24)25/h5-8,10-11,26H,1,9H2,2-4H3,(H,28,29)/b12-8+. The van der Waals surface area contributed by atoms with E-state index in [4.69, 9.17) is 0 Å². The van der Waals surface area contributed by atoms with E-state index >= 15 is 0 Å². The van der Waals surface area contributed by atoms with Crippen molar-refractivity contribution in [1.82, 2.24) is 25.3 Å². The van der Waals surface area contributed by atoms with Crippen LogP contribution in [-0.2, 0) is 19.8 Å². The molecule has 0 fully saturated rings. The van der Waals surface area contributed by atoms with E-state index in [1.165, 1.54) is 26.1 Å². The van der Waals surface area contributed by atoms with E-state index < -0.39 is 23.1 Å². The largest absolute Gasteiger partial charge is 0.417 e. The number of rotatable bonds is 6. The van der Waals surface area contributed by atoms with Gasteiger partial charge in [-0.25, -0.2) is 4.39 Å². The second-order valence-corrected chi connectivity index (χ2v) is 6.82. The minimum Gasteiger partial charge on any atom is -0.316 e. The van der Waals surface area contributed by atoms with Crippen molar-refractivity contribution >= 4 is 17.7 Å². The molecule has 0 aliphatic heterocycles. The number of allylic oxidation sites excluding steroid dienone is 1. The zero-order chi connectivity index (χ0) is 22.1. The fourth-order valence-electron chi connectivity index (χ4n) is 3.39. The highest BCUT2D eigenvalue weighted by Crippen LogP contribution is 2.40. The molecular weight excluding hydrogens is 398 g/mol. The monoisotopic (exact) mass is 419 g/mol. The Morgan fingerprint density at radius 2 is 2.07 bits per heavy atom. The number of benzene rings is 1. The maximum absolute atomic E-state index is 14.7. The highest BCUT2D eigenvalue weighted by atomic mass is 19.4. The van der Waals surface area contributed by atoms with Crippen LogP contribution in [0.3, 0.4) is 0 Å². The van der Waals surface area contributed by atoms with Crippen molar-refractivity contribution in [3.05, 3.63) is 64.9 Å². The minimum atomic E-state index is -4.72. The zero-order valence-electron chi connectivity index (χ0n) is 16.7. The fraction of sp³-hybridized carbons (Fsp3) is 0.238. The van der Waals surface area contributed by atoms with Gasteiger partial charge < -0.3 is 5.32 Å². The first-order chi connectivity index (χ1) is 14.2. The Kier molecular flexibility index (Phi) is 5.93. The van der Waals surface area contributed by atoms with Crippen molar-refractivity contribution < 1.29 is 17.6 Å². The molecular formula is C21H21F4N5. The van der Waals surface area contributed by atoms with Crippen LogP contribution >= 0.6 is 0 Å². The maximum atomic E-state index is 14.7. The lowest BCUT2D eigenvalue weighted by atomic mass is 9.93. The second kappa shape index (κ2) is 8.27. The number of alkyl halides is 3. The van der Waals surface area contributed by atoms with E-state index in [0.29, 0.717) is 22.5 Å². The van der Waals surface area contributed by atoms with Crippen molar-refractivity contribution in [2.45, 2.75) is 19.6 Å². The number of halogens is 4. The quantitative estimate of drug-likeness (QED) is 0.560. The number of aromatic nitrogens is 4. The van der Waals surface area contributed by atoms with Crippen molar-refractivity contribution in [2.75, 3.05) is 7.05 Å². The molecule has 2 heterocycles. The third-order valence-corrected chi connectivity index (χ3v) is 4.66. The molecule has 0 aliphatic rings. The van der Waals surface area contributed by atoms with Gasteiger partial charge in [0.2, 0.25) is 0 Å². The van der Waals surface area contributed by atoms with E-state index in [9.17, 15) is 17.6 Å². The normalized spacial score (nSPS) is 12.4. The molecule has 158 valence electrons. The summed E-state index contributed by atoms with van der Waals surface area (Å²) in [4.78, 5) is 0. The van der Waals surface area contributed by atoms with E-state index in [1.54, 1.807) is 24.1 Å². The zero-order valence-corrected chi connectivity index (χ0v) is 16.7. The van der Waals surface area contributed by atoms with Gasteiger partial charge in [-0.3, -0.25) is 9.78 Å². The van der Waals surface area contributed by atoms with Gasteiger partial charge in [0.25, 0.3) is 0 Å². The Morgan fingerprint density at radius 1 is 1.33 bits per heavy atom. The lowest BCUT2D eigenvalue weighted by molar-refractivity contribution is -0.138. The predicted molar refractivity (Wildman–Crippen MR) is 109 cm³/mol. The maximum Gasteiger partial charge on any atom is 0.417 e. The Hall–Kier alpha value is -3.20. The van der Waals surface area contributed by atoms with Crippen LogP contribution in [0.15, 0.2) is 31.1 Å². The molecule has 0 saturated carbocycles. The fourth-order valence-corrected chi connectivity index (χ4v) is 3.39. The van der Waals surface area contributed by atoms with E-state index in [-0.39, 0.29) is 17.7 Å². The number of nitrogens with zero attached hydrogens (tertiary/aromatic N) is 3. The van der Waals surface area contributed by atoms with Crippen LogP contribution in [0.25, 0.3) is 29.0 Å². The molecule has 0 radical (unpaired) electrons. The van der Waals surface area contributed by atoms with Gasteiger partial charge in [0.15, 0.2) is 0 Å². The van der Waals surface area contributed by atoms with Gasteiger partial charge in [0.1, 0.15) is 11.5 Å². The summed E-state index contributed by atoms with van der Waals surface area (Å²) in [5.74, 6) is -0.942. The van der Waals surface area contributed by atoms with Crippen LogP contribution in [-0.4, -0.2) is 27.0 Å². The summed E-state index contributed by atoms with van der Waals surface area (Å²) in [6.07, 6.45) is 1.59. The van der Waals surface area contributed by atoms with Gasteiger partial charge in [0, 0.05) is 36.5 Å². The minimum absolute atomic E-state index is 0.0298. The lowest BCUT2D eigenvalue weighted by Gasteiger charge is -2.19. The third-order valence-electron chi connectivity index (χ3n) is 4.66. The van der Waals surface area contributed by atoms with Gasteiger partial charge in [-0.2, -0.15) is 23.4 Å². The van der Waals surface area contributed by atoms with Crippen molar-refractivity contribution in [3.8, 4) is 11.3 Å². The molecule has 5 nitrogen and oxygen atoms in total. The van der Waals surface area contributed by atoms with Gasteiger partial charge in [0.05, 0.1) is 17.5 Å². The van der Waals surface area contributed by atoms with Gasteiger partial charge in [-0.05, 0) is 43.3 Å². The predicted octanol–water partition coefficient (Wildman–Crippen LogP) is 4.89. The molecule has 0 unspecified atom stereocenters. The molecule has 30 heavy (non-hydrogen) atoms. The summed E-state index contributed by atoms with van der Waals surface area (Å²) in [6, 6.07) is 2.21. The molecule has 3 aromatic rings. The number of aryl methyl sites for hydroxylation is 1. The molecule has 2 aromatic heterocycles. The Labute approximate surface area is 171 Å². The second-order valence-electron chi connectivity index (χ2n) is 6.82. The topological polar surface area (TPSA) is 58.5 Å². The van der Waals surface area contributed by atoms with Crippen LogP contribution in [0.1, 0.15) is 34.9 Å². The number of hydrogen-bond acceptors (Lipinski definition) is 3. The summed E-state index contributed by atoms with van der Waals surface area (Å²) in [7, 11) is 3.28. The summed E-state index contributed by atoms with van der Waals surface area (Å²) in [5.41, 5.74) is 0.778. The van der Waals surface area contributed by atoms with E-state index in [0.717, 1.165) is 12.1 Å². The molecule has 0 bridgehead atoms. The number of nitrogens with one attached hydrogen (secondary N) is 2. The first-order valence-corrected chi connectivity index (χ1v) is 9.09. The molecule has 2 N–H and O–H groups in total. The van der Waals surface area contributed by atoms with Gasteiger partial charge in [-0.15, -0.1) is 0 Å². The molecule has 0 spiro atoms. The Morgan fingerprint density at radius 3 is 2.63 bits per heavy atom. The molecule has 0 saturated heterocycles. The van der Waals surface area contributed by atoms with Crippen molar-refractivity contribution in [3.63, 3.8) is 0 Å². The van der Waals surface area contributed by atoms with E-state index in [1.807, 2.05) is 0 Å². The molecule has 9 heteroatoms. The number of hydrogen-bond donors (Lipinski definition) is 2. The average molecular weight is 419 g/mol. The van der Waals surface area contributed by atoms with Crippen LogP contribution in [0, 0.1) is 5.82 Å². The molecule has 0 aliphatic carbocycles. The molecule has 0 atom stereocenters. The third kappa shape index (κ3) is 4.06. The molecule has 1 aromatic carbocycles. The summed E-state index contributed by atoms with van der Waals surface area (Å²) < 4.78 is 57.9. The molecule has 3 rings (SSSR count). The highest BCUT2D eigenvalue weighted by molar-refractivity contribution is 5.89. The van der Waals surface area contributed by atoms with Crippen molar-refractivity contribution in [2.24, 2.45) is 7.05 Å². The first kappa shape index (κ1) is 21.5. The van der Waals surface area contributed by atoms with Crippen LogP contribution in [0.2, 0.25) is 0 Å².